The van der Waals surface area contributed by atoms with Crippen molar-refractivity contribution in [3.05, 3.63) is 0 Å². The Labute approximate surface area is 134 Å². The highest BCUT2D eigenvalue weighted by atomic mass is 16.3. The molecule has 5 saturated carbocycles. The van der Waals surface area contributed by atoms with Gasteiger partial charge in [0.05, 0.1) is 12.2 Å². The molecule has 0 amide bonds. The van der Waals surface area contributed by atoms with Crippen molar-refractivity contribution in [1.82, 2.24) is 5.32 Å². The first-order chi connectivity index (χ1) is 10.6. The second-order valence-corrected chi connectivity index (χ2v) is 9.18. The third kappa shape index (κ3) is 3.09. The SMILES string of the molecule is OC1CCC(C(O)CNCC23CC4CC(CC(C4)C2)C3)CC1. The predicted molar refractivity (Wildman–Crippen MR) is 87.4 cm³/mol. The number of nitrogens with one attached hydrogen (secondary N) is 1. The molecule has 1 atom stereocenters. The highest BCUT2D eigenvalue weighted by molar-refractivity contribution is 5.02. The summed E-state index contributed by atoms with van der Waals surface area (Å²) in [4.78, 5) is 0. The molecule has 4 bridgehead atoms. The summed E-state index contributed by atoms with van der Waals surface area (Å²) < 4.78 is 0. The van der Waals surface area contributed by atoms with Crippen LogP contribution in [0.25, 0.3) is 0 Å². The van der Waals surface area contributed by atoms with Gasteiger partial charge in [-0.05, 0) is 93.3 Å². The Morgan fingerprint density at radius 1 is 0.909 bits per heavy atom. The van der Waals surface area contributed by atoms with Gasteiger partial charge >= 0.3 is 0 Å². The van der Waals surface area contributed by atoms with E-state index in [-0.39, 0.29) is 12.2 Å². The molecule has 5 rings (SSSR count). The number of aliphatic hydroxyl groups excluding tert-OH is 2. The Hall–Kier alpha value is -0.120. The van der Waals surface area contributed by atoms with E-state index >= 15 is 0 Å². The molecule has 5 fully saturated rings. The molecule has 3 heteroatoms. The van der Waals surface area contributed by atoms with Crippen LogP contribution in [0.4, 0.5) is 0 Å². The van der Waals surface area contributed by atoms with Gasteiger partial charge in [-0.2, -0.15) is 0 Å². The van der Waals surface area contributed by atoms with Gasteiger partial charge in [0, 0.05) is 13.1 Å². The van der Waals surface area contributed by atoms with E-state index in [1.54, 1.807) is 0 Å². The smallest absolute Gasteiger partial charge is 0.0692 e. The summed E-state index contributed by atoms with van der Waals surface area (Å²) in [5.41, 5.74) is 0.567. The van der Waals surface area contributed by atoms with E-state index in [4.69, 9.17) is 0 Å². The maximum absolute atomic E-state index is 10.4. The molecule has 3 nitrogen and oxygen atoms in total. The molecule has 0 aromatic carbocycles. The van der Waals surface area contributed by atoms with Crippen molar-refractivity contribution in [3.63, 3.8) is 0 Å². The number of hydrogen-bond donors (Lipinski definition) is 3. The van der Waals surface area contributed by atoms with Gasteiger partial charge in [-0.15, -0.1) is 0 Å². The molecular formula is C19H33NO2. The average molecular weight is 307 g/mol. The fourth-order valence-corrected chi connectivity index (χ4v) is 6.64. The average Bonchev–Trinajstić information content (AvgIpc) is 2.46. The van der Waals surface area contributed by atoms with Crippen LogP contribution in [0.2, 0.25) is 0 Å². The molecule has 5 aliphatic carbocycles. The van der Waals surface area contributed by atoms with Crippen molar-refractivity contribution >= 4 is 0 Å². The third-order valence-corrected chi connectivity index (χ3v) is 7.30. The van der Waals surface area contributed by atoms with E-state index in [0.29, 0.717) is 11.3 Å². The molecule has 5 aliphatic rings. The lowest BCUT2D eigenvalue weighted by molar-refractivity contribution is -0.0530. The Balaban J connectivity index is 1.25. The lowest BCUT2D eigenvalue weighted by Crippen LogP contribution is -2.51. The normalized spacial score (nSPS) is 48.5. The van der Waals surface area contributed by atoms with Crippen molar-refractivity contribution in [2.45, 2.75) is 76.4 Å². The standard InChI is InChI=1S/C19H33NO2/c21-17-3-1-16(2-4-17)18(22)11-20-12-19-8-13-5-14(9-19)7-15(6-13)10-19/h13-18,20-22H,1-12H2. The van der Waals surface area contributed by atoms with E-state index in [2.05, 4.69) is 5.32 Å². The van der Waals surface area contributed by atoms with Gasteiger partial charge in [0.2, 0.25) is 0 Å². The lowest BCUT2D eigenvalue weighted by Gasteiger charge is -2.57. The summed E-state index contributed by atoms with van der Waals surface area (Å²) in [6, 6.07) is 0. The van der Waals surface area contributed by atoms with Gasteiger partial charge in [0.25, 0.3) is 0 Å². The predicted octanol–water partition coefficient (Wildman–Crippen LogP) is 2.70. The fourth-order valence-electron chi connectivity index (χ4n) is 6.64. The monoisotopic (exact) mass is 307 g/mol. The van der Waals surface area contributed by atoms with E-state index in [9.17, 15) is 10.2 Å². The minimum atomic E-state index is -0.221. The molecule has 1 unspecified atom stereocenters. The zero-order valence-corrected chi connectivity index (χ0v) is 13.8. The molecule has 0 aromatic heterocycles. The highest BCUT2D eigenvalue weighted by Gasteiger charge is 2.50. The fraction of sp³-hybridized carbons (Fsp3) is 1.00. The summed E-state index contributed by atoms with van der Waals surface area (Å²) in [7, 11) is 0. The molecule has 0 heterocycles. The van der Waals surface area contributed by atoms with Crippen LogP contribution >= 0.6 is 0 Å². The molecule has 0 radical (unpaired) electrons. The van der Waals surface area contributed by atoms with Crippen molar-refractivity contribution in [3.8, 4) is 0 Å². The van der Waals surface area contributed by atoms with Crippen LogP contribution in [0.15, 0.2) is 0 Å². The largest absolute Gasteiger partial charge is 0.393 e. The summed E-state index contributed by atoms with van der Waals surface area (Å²) in [6.45, 7) is 1.88. The van der Waals surface area contributed by atoms with E-state index < -0.39 is 0 Å². The van der Waals surface area contributed by atoms with Gasteiger partial charge < -0.3 is 15.5 Å². The first-order valence-electron chi connectivity index (χ1n) is 9.69. The van der Waals surface area contributed by atoms with Crippen LogP contribution in [0.5, 0.6) is 0 Å². The highest BCUT2D eigenvalue weighted by Crippen LogP contribution is 2.59. The Bertz CT molecular complexity index is 354. The molecule has 0 aliphatic heterocycles. The van der Waals surface area contributed by atoms with Crippen LogP contribution in [-0.2, 0) is 0 Å². The number of rotatable bonds is 5. The van der Waals surface area contributed by atoms with Crippen molar-refractivity contribution in [1.29, 1.82) is 0 Å². The Kier molecular flexibility index (Phi) is 4.25. The van der Waals surface area contributed by atoms with Crippen LogP contribution in [0.1, 0.15) is 64.2 Å². The molecule has 0 spiro atoms. The molecule has 126 valence electrons. The summed E-state index contributed by atoms with van der Waals surface area (Å²) in [6.07, 6.45) is 12.2. The molecule has 3 N–H and O–H groups in total. The van der Waals surface area contributed by atoms with Crippen LogP contribution in [0.3, 0.4) is 0 Å². The third-order valence-electron chi connectivity index (χ3n) is 7.30. The molecule has 22 heavy (non-hydrogen) atoms. The summed E-state index contributed by atoms with van der Waals surface area (Å²) in [5.74, 6) is 3.43. The molecular weight excluding hydrogens is 274 g/mol. The van der Waals surface area contributed by atoms with Gasteiger partial charge in [0.1, 0.15) is 0 Å². The van der Waals surface area contributed by atoms with Gasteiger partial charge in [-0.1, -0.05) is 0 Å². The van der Waals surface area contributed by atoms with Crippen molar-refractivity contribution in [2.24, 2.45) is 29.1 Å². The van der Waals surface area contributed by atoms with Crippen molar-refractivity contribution < 1.29 is 10.2 Å². The molecule has 0 saturated heterocycles. The Morgan fingerprint density at radius 3 is 2.00 bits per heavy atom. The van der Waals surface area contributed by atoms with Crippen LogP contribution in [0, 0.1) is 29.1 Å². The van der Waals surface area contributed by atoms with E-state index in [1.165, 1.54) is 38.5 Å². The van der Waals surface area contributed by atoms with Gasteiger partial charge in [0.15, 0.2) is 0 Å². The first kappa shape index (κ1) is 15.4. The zero-order chi connectivity index (χ0) is 15.2. The maximum Gasteiger partial charge on any atom is 0.0692 e. The van der Waals surface area contributed by atoms with E-state index in [0.717, 1.165) is 56.5 Å². The summed E-state index contributed by atoms with van der Waals surface area (Å²) in [5, 5.41) is 23.7. The minimum absolute atomic E-state index is 0.122. The minimum Gasteiger partial charge on any atom is -0.393 e. The van der Waals surface area contributed by atoms with Crippen LogP contribution < -0.4 is 5.32 Å². The van der Waals surface area contributed by atoms with E-state index in [1.807, 2.05) is 0 Å². The van der Waals surface area contributed by atoms with Gasteiger partial charge in [-0.25, -0.2) is 0 Å². The summed E-state index contributed by atoms with van der Waals surface area (Å²) >= 11 is 0. The second kappa shape index (κ2) is 6.07. The van der Waals surface area contributed by atoms with Gasteiger partial charge in [-0.3, -0.25) is 0 Å². The van der Waals surface area contributed by atoms with Crippen molar-refractivity contribution in [2.75, 3.05) is 13.1 Å². The lowest BCUT2D eigenvalue weighted by atomic mass is 9.49. The molecule has 0 aromatic rings. The Morgan fingerprint density at radius 2 is 1.45 bits per heavy atom. The quantitative estimate of drug-likeness (QED) is 0.732. The maximum atomic E-state index is 10.4. The number of hydrogen-bond acceptors (Lipinski definition) is 3. The topological polar surface area (TPSA) is 52.5 Å². The number of aliphatic hydroxyl groups is 2. The first-order valence-corrected chi connectivity index (χ1v) is 9.69. The van der Waals surface area contributed by atoms with Crippen LogP contribution in [-0.4, -0.2) is 35.5 Å². The zero-order valence-electron chi connectivity index (χ0n) is 13.8. The second-order valence-electron chi connectivity index (χ2n) is 9.18.